The lowest BCUT2D eigenvalue weighted by molar-refractivity contribution is -0.120. The first-order chi connectivity index (χ1) is 9.55. The van der Waals surface area contributed by atoms with Crippen LogP contribution in [0.2, 0.25) is 0 Å². The van der Waals surface area contributed by atoms with Crippen molar-refractivity contribution in [2.45, 2.75) is 37.3 Å². The maximum atomic E-state index is 11.8. The van der Waals surface area contributed by atoms with Crippen LogP contribution in [-0.4, -0.2) is 36.3 Å². The maximum absolute atomic E-state index is 11.8. The summed E-state index contributed by atoms with van der Waals surface area (Å²) in [4.78, 5) is 14.1. The van der Waals surface area contributed by atoms with Crippen LogP contribution in [0.4, 0.5) is 0 Å². The van der Waals surface area contributed by atoms with Gasteiger partial charge in [-0.05, 0) is 43.0 Å². The number of likely N-dealkylation sites (N-methyl/N-ethyl adjacent to an activating group) is 1. The lowest BCUT2D eigenvalue weighted by Gasteiger charge is -2.52. The quantitative estimate of drug-likeness (QED) is 0.849. The highest BCUT2D eigenvalue weighted by Gasteiger charge is 2.46. The Hall–Kier alpha value is -1.06. The van der Waals surface area contributed by atoms with E-state index >= 15 is 0 Å². The molecule has 1 heterocycles. The van der Waals surface area contributed by atoms with Crippen LogP contribution in [-0.2, 0) is 10.2 Å². The predicted octanol–water partition coefficient (Wildman–Crippen LogP) is 2.45. The third-order valence-corrected chi connectivity index (χ3v) is 5.25. The summed E-state index contributed by atoms with van der Waals surface area (Å²) in [5.41, 5.74) is 2.89. The Morgan fingerprint density at radius 3 is 3.00 bits per heavy atom. The van der Waals surface area contributed by atoms with Crippen LogP contribution in [0.25, 0.3) is 0 Å². The number of piperidine rings is 1. The number of carbonyl (C=O) groups excluding carboxylic acids is 1. The number of amides is 1. The number of fused-ring (bicyclic) bond motifs is 4. The molecule has 3 atom stereocenters. The standard InChI is InChI=1S/C16H21ClN2O/c1-16-7-8-19(2)13(9-16)15(18-14(20)10-17)11-5-3-4-6-12(11)16/h3-6,13,15H,7-10H2,1-2H3,(H,18,20)/t13?,15-,16?/m0/s1. The van der Waals surface area contributed by atoms with Gasteiger partial charge in [0.25, 0.3) is 0 Å². The number of hydrogen-bond acceptors (Lipinski definition) is 2. The average Bonchev–Trinajstić information content (AvgIpc) is 2.47. The van der Waals surface area contributed by atoms with Crippen molar-refractivity contribution in [2.75, 3.05) is 19.5 Å². The summed E-state index contributed by atoms with van der Waals surface area (Å²) in [5.74, 6) is -0.0686. The number of benzene rings is 1. The minimum atomic E-state index is -0.0888. The molecule has 1 aromatic rings. The lowest BCUT2D eigenvalue weighted by Crippen LogP contribution is -2.56. The van der Waals surface area contributed by atoms with Gasteiger partial charge in [0.2, 0.25) is 5.91 Å². The zero-order valence-electron chi connectivity index (χ0n) is 12.0. The van der Waals surface area contributed by atoms with E-state index in [2.05, 4.69) is 48.5 Å². The zero-order chi connectivity index (χ0) is 14.3. The average molecular weight is 293 g/mol. The molecule has 2 bridgehead atoms. The number of carbonyl (C=O) groups is 1. The van der Waals surface area contributed by atoms with Gasteiger partial charge in [0, 0.05) is 6.04 Å². The number of likely N-dealkylation sites (tertiary alicyclic amines) is 1. The van der Waals surface area contributed by atoms with Crippen molar-refractivity contribution in [3.05, 3.63) is 35.4 Å². The van der Waals surface area contributed by atoms with Crippen LogP contribution >= 0.6 is 11.6 Å². The fourth-order valence-corrected chi connectivity index (χ4v) is 3.91. The van der Waals surface area contributed by atoms with Crippen molar-refractivity contribution >= 4 is 17.5 Å². The molecule has 4 heteroatoms. The van der Waals surface area contributed by atoms with Crippen LogP contribution in [0.15, 0.2) is 24.3 Å². The van der Waals surface area contributed by atoms with E-state index in [4.69, 9.17) is 11.6 Å². The molecular formula is C16H21ClN2O. The summed E-state index contributed by atoms with van der Waals surface area (Å²) in [5, 5.41) is 3.12. The molecular weight excluding hydrogens is 272 g/mol. The van der Waals surface area contributed by atoms with E-state index in [9.17, 15) is 4.79 Å². The monoisotopic (exact) mass is 292 g/mol. The topological polar surface area (TPSA) is 32.3 Å². The molecule has 1 aliphatic carbocycles. The van der Waals surface area contributed by atoms with E-state index in [0.717, 1.165) is 13.0 Å². The van der Waals surface area contributed by atoms with Gasteiger partial charge in [0.1, 0.15) is 5.88 Å². The normalized spacial score (nSPS) is 32.5. The molecule has 0 aromatic heterocycles. The molecule has 1 aromatic carbocycles. The second-order valence-corrected chi connectivity index (χ2v) is 6.60. The van der Waals surface area contributed by atoms with Gasteiger partial charge in [-0.1, -0.05) is 31.2 Å². The van der Waals surface area contributed by atoms with Gasteiger partial charge in [0.15, 0.2) is 0 Å². The highest BCUT2D eigenvalue weighted by Crippen LogP contribution is 2.48. The predicted molar refractivity (Wildman–Crippen MR) is 81.0 cm³/mol. The highest BCUT2D eigenvalue weighted by atomic mass is 35.5. The fourth-order valence-electron chi connectivity index (χ4n) is 3.84. The lowest BCUT2D eigenvalue weighted by atomic mass is 9.63. The van der Waals surface area contributed by atoms with Crippen molar-refractivity contribution < 1.29 is 4.79 Å². The molecule has 2 unspecified atom stereocenters. The first-order valence-corrected chi connectivity index (χ1v) is 7.73. The molecule has 3 nitrogen and oxygen atoms in total. The molecule has 108 valence electrons. The van der Waals surface area contributed by atoms with Crippen LogP contribution in [0.3, 0.4) is 0 Å². The molecule has 1 aliphatic heterocycles. The smallest absolute Gasteiger partial charge is 0.235 e. The van der Waals surface area contributed by atoms with Crippen LogP contribution < -0.4 is 5.32 Å². The second-order valence-electron chi connectivity index (χ2n) is 6.33. The Bertz CT molecular complexity index is 533. The molecule has 0 radical (unpaired) electrons. The van der Waals surface area contributed by atoms with Gasteiger partial charge in [-0.15, -0.1) is 11.6 Å². The molecule has 0 spiro atoms. The number of nitrogens with one attached hydrogen (secondary N) is 1. The van der Waals surface area contributed by atoms with Gasteiger partial charge >= 0.3 is 0 Å². The van der Waals surface area contributed by atoms with Gasteiger partial charge in [0.05, 0.1) is 6.04 Å². The van der Waals surface area contributed by atoms with Gasteiger partial charge in [-0.3, -0.25) is 4.79 Å². The van der Waals surface area contributed by atoms with Crippen LogP contribution in [0, 0.1) is 0 Å². The van der Waals surface area contributed by atoms with Gasteiger partial charge in [-0.25, -0.2) is 0 Å². The van der Waals surface area contributed by atoms with E-state index < -0.39 is 0 Å². The van der Waals surface area contributed by atoms with E-state index in [1.54, 1.807) is 0 Å². The van der Waals surface area contributed by atoms with Crippen LogP contribution in [0.5, 0.6) is 0 Å². The van der Waals surface area contributed by atoms with E-state index in [-0.39, 0.29) is 23.2 Å². The fraction of sp³-hybridized carbons (Fsp3) is 0.562. The summed E-state index contributed by atoms with van der Waals surface area (Å²) in [7, 11) is 2.15. The second kappa shape index (κ2) is 5.05. The van der Waals surface area contributed by atoms with Crippen molar-refractivity contribution in [3.63, 3.8) is 0 Å². The molecule has 1 amide bonds. The molecule has 3 rings (SSSR count). The molecule has 1 fully saturated rings. The number of halogens is 1. The largest absolute Gasteiger partial charge is 0.347 e. The summed E-state index contributed by atoms with van der Waals surface area (Å²) < 4.78 is 0. The Morgan fingerprint density at radius 1 is 1.50 bits per heavy atom. The van der Waals surface area contributed by atoms with Crippen molar-refractivity contribution in [3.8, 4) is 0 Å². The first kappa shape index (κ1) is 13.9. The number of rotatable bonds is 2. The molecule has 20 heavy (non-hydrogen) atoms. The summed E-state index contributed by atoms with van der Waals surface area (Å²) in [6.45, 7) is 3.42. The number of nitrogens with zero attached hydrogens (tertiary/aromatic N) is 1. The molecule has 1 N–H and O–H groups in total. The summed E-state index contributed by atoms with van der Waals surface area (Å²) in [6, 6.07) is 8.94. The maximum Gasteiger partial charge on any atom is 0.235 e. The summed E-state index contributed by atoms with van der Waals surface area (Å²) in [6.07, 6.45) is 2.26. The Kier molecular flexibility index (Phi) is 3.51. The van der Waals surface area contributed by atoms with E-state index in [0.29, 0.717) is 6.04 Å². The van der Waals surface area contributed by atoms with Crippen LogP contribution in [0.1, 0.15) is 36.9 Å². The first-order valence-electron chi connectivity index (χ1n) is 7.20. The van der Waals surface area contributed by atoms with E-state index in [1.165, 1.54) is 17.5 Å². The number of hydrogen-bond donors (Lipinski definition) is 1. The Morgan fingerprint density at radius 2 is 2.25 bits per heavy atom. The highest BCUT2D eigenvalue weighted by molar-refractivity contribution is 6.27. The SMILES string of the molecule is CN1CCC2(C)CC1[C@@H](NC(=O)CCl)c1ccccc12. The van der Waals surface area contributed by atoms with Crippen molar-refractivity contribution in [1.29, 1.82) is 0 Å². The molecule has 2 aliphatic rings. The van der Waals surface area contributed by atoms with Crippen molar-refractivity contribution in [1.82, 2.24) is 10.2 Å². The number of alkyl halides is 1. The molecule has 0 saturated carbocycles. The third kappa shape index (κ3) is 2.13. The minimum absolute atomic E-state index is 0.0202. The Balaban J connectivity index is 2.05. The van der Waals surface area contributed by atoms with Gasteiger partial charge in [-0.2, -0.15) is 0 Å². The van der Waals surface area contributed by atoms with Gasteiger partial charge < -0.3 is 10.2 Å². The van der Waals surface area contributed by atoms with Crippen molar-refractivity contribution in [2.24, 2.45) is 0 Å². The zero-order valence-corrected chi connectivity index (χ0v) is 12.8. The minimum Gasteiger partial charge on any atom is -0.347 e. The summed E-state index contributed by atoms with van der Waals surface area (Å²) >= 11 is 5.67. The third-order valence-electron chi connectivity index (χ3n) is 5.01. The van der Waals surface area contributed by atoms with E-state index in [1.807, 2.05) is 0 Å². The Labute approximate surface area is 125 Å². The molecule has 1 saturated heterocycles.